The minimum absolute atomic E-state index is 0.363. The fourth-order valence-corrected chi connectivity index (χ4v) is 2.28. The maximum atomic E-state index is 13.4. The van der Waals surface area contributed by atoms with Crippen LogP contribution in [0.2, 0.25) is 0 Å². The van der Waals surface area contributed by atoms with Gasteiger partial charge in [-0.1, -0.05) is 0 Å². The van der Waals surface area contributed by atoms with E-state index < -0.39 is 28.9 Å². The molecule has 22 heavy (non-hydrogen) atoms. The van der Waals surface area contributed by atoms with Gasteiger partial charge in [-0.3, -0.25) is 9.69 Å². The molecule has 0 unspecified atom stereocenters. The number of halogens is 3. The molecule has 1 N–H and O–H groups in total. The molecule has 1 aliphatic rings. The van der Waals surface area contributed by atoms with E-state index in [4.69, 9.17) is 4.74 Å². The van der Waals surface area contributed by atoms with Crippen molar-refractivity contribution < 1.29 is 22.7 Å². The Labute approximate surface area is 127 Å². The molecule has 0 bridgehead atoms. The Morgan fingerprint density at radius 3 is 2.59 bits per heavy atom. The molecule has 1 heterocycles. The predicted octanol–water partition coefficient (Wildman–Crippen LogP) is 1.95. The van der Waals surface area contributed by atoms with Crippen LogP contribution in [0, 0.1) is 17.5 Å². The zero-order chi connectivity index (χ0) is 15.9. The molecule has 7 heteroatoms. The highest BCUT2D eigenvalue weighted by molar-refractivity contribution is 5.94. The van der Waals surface area contributed by atoms with Crippen LogP contribution in [0.25, 0.3) is 0 Å². The number of hydrogen-bond acceptors (Lipinski definition) is 3. The summed E-state index contributed by atoms with van der Waals surface area (Å²) >= 11 is 0. The molecule has 1 amide bonds. The summed E-state index contributed by atoms with van der Waals surface area (Å²) < 4.78 is 44.5. The quantitative estimate of drug-likeness (QED) is 0.644. The van der Waals surface area contributed by atoms with Crippen LogP contribution in [-0.2, 0) is 4.74 Å². The van der Waals surface area contributed by atoms with Gasteiger partial charge in [0.05, 0.1) is 18.8 Å². The Morgan fingerprint density at radius 2 is 1.86 bits per heavy atom. The highest BCUT2D eigenvalue weighted by atomic mass is 19.2. The molecule has 1 aromatic rings. The number of rotatable bonds is 6. The molecular formula is C15H19F3N2O2. The van der Waals surface area contributed by atoms with Crippen LogP contribution >= 0.6 is 0 Å². The van der Waals surface area contributed by atoms with Crippen molar-refractivity contribution in [3.05, 3.63) is 35.1 Å². The second-order valence-electron chi connectivity index (χ2n) is 5.14. The summed E-state index contributed by atoms with van der Waals surface area (Å²) in [5.74, 6) is -5.12. The Hall–Kier alpha value is -1.60. The summed E-state index contributed by atoms with van der Waals surface area (Å²) in [6, 6.07) is 1.68. The Kier molecular flexibility index (Phi) is 6.21. The lowest BCUT2D eigenvalue weighted by molar-refractivity contribution is 0.0372. The third-order valence-corrected chi connectivity index (χ3v) is 3.57. The third kappa shape index (κ3) is 4.45. The lowest BCUT2D eigenvalue weighted by Crippen LogP contribution is -2.37. The van der Waals surface area contributed by atoms with Crippen molar-refractivity contribution in [3.63, 3.8) is 0 Å². The lowest BCUT2D eigenvalue weighted by Gasteiger charge is -2.26. The van der Waals surface area contributed by atoms with E-state index in [0.717, 1.165) is 57.8 Å². The molecule has 0 spiro atoms. The van der Waals surface area contributed by atoms with Gasteiger partial charge in [0.1, 0.15) is 0 Å². The van der Waals surface area contributed by atoms with Gasteiger partial charge in [-0.2, -0.15) is 0 Å². The average molecular weight is 316 g/mol. The number of nitrogens with one attached hydrogen (secondary N) is 1. The van der Waals surface area contributed by atoms with Crippen LogP contribution in [-0.4, -0.2) is 50.2 Å². The summed E-state index contributed by atoms with van der Waals surface area (Å²) in [5, 5.41) is 2.51. The van der Waals surface area contributed by atoms with E-state index in [1.807, 2.05) is 0 Å². The van der Waals surface area contributed by atoms with Gasteiger partial charge in [-0.15, -0.1) is 0 Å². The summed E-state index contributed by atoms with van der Waals surface area (Å²) in [4.78, 5) is 14.0. The van der Waals surface area contributed by atoms with Gasteiger partial charge >= 0.3 is 0 Å². The van der Waals surface area contributed by atoms with Crippen molar-refractivity contribution in [1.82, 2.24) is 10.2 Å². The summed E-state index contributed by atoms with van der Waals surface area (Å²) in [6.45, 7) is 4.58. The van der Waals surface area contributed by atoms with Crippen molar-refractivity contribution >= 4 is 5.91 Å². The molecule has 4 nitrogen and oxygen atoms in total. The van der Waals surface area contributed by atoms with E-state index in [0.29, 0.717) is 6.54 Å². The van der Waals surface area contributed by atoms with Gasteiger partial charge < -0.3 is 10.1 Å². The fourth-order valence-electron chi connectivity index (χ4n) is 2.28. The largest absolute Gasteiger partial charge is 0.379 e. The first-order chi connectivity index (χ1) is 10.6. The summed E-state index contributed by atoms with van der Waals surface area (Å²) in [7, 11) is 0. The standard InChI is InChI=1S/C15H19F3N2O2/c16-12-4-3-11(13(17)14(12)18)15(21)19-5-1-2-6-20-7-9-22-10-8-20/h3-4H,1-2,5-10H2,(H,19,21). The van der Waals surface area contributed by atoms with Gasteiger partial charge in [0.2, 0.25) is 0 Å². The SMILES string of the molecule is O=C(NCCCCN1CCOCC1)c1ccc(F)c(F)c1F. The van der Waals surface area contributed by atoms with E-state index >= 15 is 0 Å². The Balaban J connectivity index is 1.70. The van der Waals surface area contributed by atoms with E-state index in [-0.39, 0.29) is 0 Å². The molecule has 0 aromatic heterocycles. The third-order valence-electron chi connectivity index (χ3n) is 3.57. The van der Waals surface area contributed by atoms with Crippen molar-refractivity contribution in [1.29, 1.82) is 0 Å². The number of benzene rings is 1. The Morgan fingerprint density at radius 1 is 1.14 bits per heavy atom. The highest BCUT2D eigenvalue weighted by Gasteiger charge is 2.18. The van der Waals surface area contributed by atoms with Crippen molar-refractivity contribution in [2.75, 3.05) is 39.4 Å². The zero-order valence-electron chi connectivity index (χ0n) is 12.2. The van der Waals surface area contributed by atoms with Gasteiger partial charge in [0.25, 0.3) is 5.91 Å². The van der Waals surface area contributed by atoms with Gasteiger partial charge in [-0.05, 0) is 31.5 Å². The van der Waals surface area contributed by atoms with Crippen LogP contribution in [0.15, 0.2) is 12.1 Å². The minimum Gasteiger partial charge on any atom is -0.379 e. The molecule has 122 valence electrons. The molecule has 0 saturated carbocycles. The van der Waals surface area contributed by atoms with E-state index in [9.17, 15) is 18.0 Å². The van der Waals surface area contributed by atoms with E-state index in [1.165, 1.54) is 0 Å². The first-order valence-electron chi connectivity index (χ1n) is 7.31. The molecule has 0 aliphatic carbocycles. The second-order valence-corrected chi connectivity index (χ2v) is 5.14. The molecule has 2 rings (SSSR count). The highest BCUT2D eigenvalue weighted by Crippen LogP contribution is 2.15. The predicted molar refractivity (Wildman–Crippen MR) is 75.1 cm³/mol. The number of morpholine rings is 1. The second kappa shape index (κ2) is 8.14. The van der Waals surface area contributed by atoms with Crippen LogP contribution in [0.5, 0.6) is 0 Å². The number of amides is 1. The molecule has 1 aliphatic heterocycles. The fraction of sp³-hybridized carbons (Fsp3) is 0.533. The first-order valence-corrected chi connectivity index (χ1v) is 7.31. The average Bonchev–Trinajstić information content (AvgIpc) is 2.53. The first kappa shape index (κ1) is 16.8. The summed E-state index contributed by atoms with van der Waals surface area (Å²) in [6.07, 6.45) is 1.62. The molecule has 0 atom stereocenters. The van der Waals surface area contributed by atoms with Gasteiger partial charge in [-0.25, -0.2) is 13.2 Å². The van der Waals surface area contributed by atoms with Gasteiger partial charge in [0, 0.05) is 19.6 Å². The maximum absolute atomic E-state index is 13.4. The van der Waals surface area contributed by atoms with Crippen molar-refractivity contribution in [2.45, 2.75) is 12.8 Å². The van der Waals surface area contributed by atoms with Crippen molar-refractivity contribution in [2.24, 2.45) is 0 Å². The van der Waals surface area contributed by atoms with E-state index in [1.54, 1.807) is 0 Å². The number of nitrogens with zero attached hydrogens (tertiary/aromatic N) is 1. The topological polar surface area (TPSA) is 41.6 Å². The molecule has 1 saturated heterocycles. The minimum atomic E-state index is -1.63. The Bertz CT molecular complexity index is 520. The number of ether oxygens (including phenoxy) is 1. The zero-order valence-corrected chi connectivity index (χ0v) is 12.2. The lowest BCUT2D eigenvalue weighted by atomic mass is 10.2. The smallest absolute Gasteiger partial charge is 0.254 e. The van der Waals surface area contributed by atoms with Crippen LogP contribution in [0.1, 0.15) is 23.2 Å². The van der Waals surface area contributed by atoms with Crippen molar-refractivity contribution in [3.8, 4) is 0 Å². The van der Waals surface area contributed by atoms with Crippen LogP contribution in [0.4, 0.5) is 13.2 Å². The number of carbonyl (C=O) groups is 1. The van der Waals surface area contributed by atoms with Crippen LogP contribution in [0.3, 0.4) is 0 Å². The number of unbranched alkanes of at least 4 members (excludes halogenated alkanes) is 1. The maximum Gasteiger partial charge on any atom is 0.254 e. The normalized spacial score (nSPS) is 15.8. The molecule has 0 radical (unpaired) electrons. The molecule has 1 aromatic carbocycles. The number of carbonyl (C=O) groups excluding carboxylic acids is 1. The summed E-state index contributed by atoms with van der Waals surface area (Å²) in [5.41, 5.74) is -0.480. The van der Waals surface area contributed by atoms with Gasteiger partial charge in [0.15, 0.2) is 17.5 Å². The molecule has 1 fully saturated rings. The number of hydrogen-bond donors (Lipinski definition) is 1. The van der Waals surface area contributed by atoms with Crippen LogP contribution < -0.4 is 5.32 Å². The van der Waals surface area contributed by atoms with E-state index in [2.05, 4.69) is 10.2 Å². The monoisotopic (exact) mass is 316 g/mol. The molecular weight excluding hydrogens is 297 g/mol.